The van der Waals surface area contributed by atoms with E-state index in [9.17, 15) is 18.9 Å². The Labute approximate surface area is 69.3 Å². The van der Waals surface area contributed by atoms with E-state index in [1.54, 1.807) is 6.92 Å². The van der Waals surface area contributed by atoms with Crippen molar-refractivity contribution in [1.29, 1.82) is 0 Å². The molecular formula is C2H8BeO6P2. The molecule has 0 saturated carbocycles. The molecule has 0 aliphatic rings. The number of rotatable bonds is 2. The van der Waals surface area contributed by atoms with E-state index >= 15 is 0 Å². The first-order chi connectivity index (χ1) is 4.54. The Morgan fingerprint density at radius 1 is 1.36 bits per heavy atom. The largest absolute Gasteiger partial charge is 2.00 e. The third-order valence-corrected chi connectivity index (χ3v) is 1.50. The SMILES string of the molecule is CCO.O=[PH]([O-])O[PH](=O)[O-].[Be+2]. The second kappa shape index (κ2) is 13.1. The quantitative estimate of drug-likeness (QED) is 0.411. The van der Waals surface area contributed by atoms with Crippen molar-refractivity contribution < 1.29 is 28.3 Å². The van der Waals surface area contributed by atoms with Gasteiger partial charge in [0.05, 0.1) is 0 Å². The first kappa shape index (κ1) is 17.5. The van der Waals surface area contributed by atoms with Crippen LogP contribution in [0.15, 0.2) is 0 Å². The first-order valence-electron chi connectivity index (χ1n) is 2.25. The maximum Gasteiger partial charge on any atom is 2.00 e. The minimum absolute atomic E-state index is 0. The molecule has 6 nitrogen and oxygen atoms in total. The molecule has 0 aliphatic carbocycles. The summed E-state index contributed by atoms with van der Waals surface area (Å²) in [5, 5.41) is 7.57. The molecule has 0 saturated heterocycles. The number of aliphatic hydroxyl groups is 1. The Bertz CT molecular complexity index is 105. The van der Waals surface area contributed by atoms with Gasteiger partial charge in [0.1, 0.15) is 16.5 Å². The second-order valence-corrected chi connectivity index (χ2v) is 2.73. The third-order valence-electron chi connectivity index (χ3n) is 0.167. The molecular weight excluding hydrogens is 191 g/mol. The van der Waals surface area contributed by atoms with Gasteiger partial charge < -0.3 is 24.0 Å². The van der Waals surface area contributed by atoms with E-state index in [0.717, 1.165) is 0 Å². The summed E-state index contributed by atoms with van der Waals surface area (Å²) in [5.74, 6) is 0. The predicted octanol–water partition coefficient (Wildman–Crippen LogP) is -1.88. The van der Waals surface area contributed by atoms with Crippen LogP contribution < -0.4 is 9.79 Å². The van der Waals surface area contributed by atoms with E-state index in [-0.39, 0.29) is 16.7 Å². The van der Waals surface area contributed by atoms with E-state index in [2.05, 4.69) is 4.31 Å². The van der Waals surface area contributed by atoms with Crippen LogP contribution in [0.1, 0.15) is 6.92 Å². The molecule has 0 radical (unpaired) electrons. The van der Waals surface area contributed by atoms with Crippen LogP contribution >= 0.6 is 16.5 Å². The molecule has 0 fully saturated rings. The van der Waals surface area contributed by atoms with Crippen molar-refractivity contribution in [3.05, 3.63) is 0 Å². The van der Waals surface area contributed by atoms with Crippen LogP contribution in [0.3, 0.4) is 0 Å². The van der Waals surface area contributed by atoms with Gasteiger partial charge in [-0.1, -0.05) is 0 Å². The minimum atomic E-state index is -3.51. The topological polar surface area (TPSA) is 110 Å². The zero-order chi connectivity index (χ0) is 8.57. The zero-order valence-electron chi connectivity index (χ0n) is 5.90. The van der Waals surface area contributed by atoms with E-state index in [0.29, 0.717) is 0 Å². The molecule has 64 valence electrons. The standard InChI is InChI=1S/C2H6O.Be.H4O5P2/c1-2-3;;1-6(2)5-7(3)4/h3H,2H2,1H3;;6-7H,(H,1,2)(H,3,4)/q;+2;/p-2. The molecule has 0 heterocycles. The van der Waals surface area contributed by atoms with Gasteiger partial charge in [-0.15, -0.1) is 0 Å². The van der Waals surface area contributed by atoms with E-state index in [1.165, 1.54) is 0 Å². The maximum atomic E-state index is 9.29. The molecule has 11 heavy (non-hydrogen) atoms. The predicted molar refractivity (Wildman–Crippen MR) is 37.6 cm³/mol. The van der Waals surface area contributed by atoms with Crippen molar-refractivity contribution >= 4 is 26.6 Å². The zero-order valence-corrected chi connectivity index (χ0v) is 7.90. The second-order valence-electron chi connectivity index (χ2n) is 0.918. The fraction of sp³-hybridized carbons (Fsp3) is 1.00. The number of hydrogen-bond donors (Lipinski definition) is 1. The molecule has 2 atom stereocenters. The summed E-state index contributed by atoms with van der Waals surface area (Å²) in [6, 6.07) is 0. The van der Waals surface area contributed by atoms with Crippen molar-refractivity contribution in [2.45, 2.75) is 6.92 Å². The first-order valence-corrected chi connectivity index (χ1v) is 4.70. The monoisotopic (exact) mass is 199 g/mol. The molecule has 0 aromatic heterocycles. The maximum absolute atomic E-state index is 9.29. The Hall–Kier alpha value is 0.469. The van der Waals surface area contributed by atoms with Gasteiger partial charge in [-0.05, 0) is 6.92 Å². The molecule has 0 spiro atoms. The third kappa shape index (κ3) is 37.6. The van der Waals surface area contributed by atoms with Gasteiger partial charge in [-0.25, -0.2) is 0 Å². The fourth-order valence-electron chi connectivity index (χ4n) is 0.0680. The Balaban J connectivity index is -0.000000140. The van der Waals surface area contributed by atoms with Gasteiger partial charge in [0.2, 0.25) is 0 Å². The Morgan fingerprint density at radius 3 is 1.55 bits per heavy atom. The van der Waals surface area contributed by atoms with E-state index in [1.807, 2.05) is 0 Å². The van der Waals surface area contributed by atoms with Crippen LogP contribution in [0.25, 0.3) is 0 Å². The molecule has 0 aromatic carbocycles. The minimum Gasteiger partial charge on any atom is -0.781 e. The van der Waals surface area contributed by atoms with Crippen molar-refractivity contribution in [3.8, 4) is 0 Å². The molecule has 2 unspecified atom stereocenters. The van der Waals surface area contributed by atoms with Crippen LogP contribution in [0, 0.1) is 0 Å². The van der Waals surface area contributed by atoms with E-state index in [4.69, 9.17) is 5.11 Å². The molecule has 0 rings (SSSR count). The smallest absolute Gasteiger partial charge is 0.781 e. The van der Waals surface area contributed by atoms with Crippen molar-refractivity contribution in [1.82, 2.24) is 0 Å². The summed E-state index contributed by atoms with van der Waals surface area (Å²) >= 11 is 0. The molecule has 0 aromatic rings. The average molecular weight is 199 g/mol. The van der Waals surface area contributed by atoms with Crippen LogP contribution in [-0.2, 0) is 13.4 Å². The van der Waals surface area contributed by atoms with E-state index < -0.39 is 16.5 Å². The Morgan fingerprint density at radius 2 is 1.55 bits per heavy atom. The summed E-state index contributed by atoms with van der Waals surface area (Å²) < 4.78 is 21.8. The molecule has 0 bridgehead atoms. The van der Waals surface area contributed by atoms with Gasteiger partial charge >= 0.3 is 10.1 Å². The van der Waals surface area contributed by atoms with Crippen molar-refractivity contribution in [2.24, 2.45) is 0 Å². The van der Waals surface area contributed by atoms with Crippen LogP contribution in [0.2, 0.25) is 0 Å². The van der Waals surface area contributed by atoms with Crippen LogP contribution in [0.5, 0.6) is 0 Å². The molecule has 9 heteroatoms. The van der Waals surface area contributed by atoms with Gasteiger partial charge in [-0.2, -0.15) is 0 Å². The molecule has 1 N–H and O–H groups in total. The summed E-state index contributed by atoms with van der Waals surface area (Å²) in [6.45, 7) is 1.93. The average Bonchev–Trinajstić information content (AvgIpc) is 1.62. The summed E-state index contributed by atoms with van der Waals surface area (Å²) in [6.07, 6.45) is 0. The van der Waals surface area contributed by atoms with Crippen molar-refractivity contribution in [3.63, 3.8) is 0 Å². The van der Waals surface area contributed by atoms with Gasteiger partial charge in [0.25, 0.3) is 0 Å². The van der Waals surface area contributed by atoms with Crippen LogP contribution in [-0.4, -0.2) is 21.8 Å². The number of aliphatic hydroxyl groups excluding tert-OH is 1. The van der Waals surface area contributed by atoms with Crippen LogP contribution in [0.4, 0.5) is 0 Å². The summed E-state index contributed by atoms with van der Waals surface area (Å²) in [7, 11) is -7.03. The van der Waals surface area contributed by atoms with Gasteiger partial charge in [0.15, 0.2) is 0 Å². The summed E-state index contributed by atoms with van der Waals surface area (Å²) in [4.78, 5) is 18.6. The van der Waals surface area contributed by atoms with Gasteiger partial charge in [-0.3, -0.25) is 4.31 Å². The molecule has 0 amide bonds. The number of hydrogen-bond acceptors (Lipinski definition) is 6. The Kier molecular flexibility index (Phi) is 20.9. The summed E-state index contributed by atoms with van der Waals surface area (Å²) in [5.41, 5.74) is 0. The fourth-order valence-corrected chi connectivity index (χ4v) is 0.612. The normalized spacial score (nSPS) is 13.5. The molecule has 0 aliphatic heterocycles. The van der Waals surface area contributed by atoms with Crippen molar-refractivity contribution in [2.75, 3.05) is 6.61 Å². The van der Waals surface area contributed by atoms with Gasteiger partial charge in [0, 0.05) is 6.61 Å².